The molecule has 0 aliphatic heterocycles. The van der Waals surface area contributed by atoms with Crippen molar-refractivity contribution >= 4 is 27.0 Å². The average Bonchev–Trinajstić information content (AvgIpc) is 2.48. The first-order valence-corrected chi connectivity index (χ1v) is 3.86. The van der Waals surface area contributed by atoms with Gasteiger partial charge < -0.3 is 4.42 Å². The first-order valence-electron chi connectivity index (χ1n) is 3.07. The van der Waals surface area contributed by atoms with Crippen molar-refractivity contribution in [1.82, 2.24) is 4.98 Å². The van der Waals surface area contributed by atoms with E-state index in [1.54, 1.807) is 0 Å². The fourth-order valence-corrected chi connectivity index (χ4v) is 1.30. The van der Waals surface area contributed by atoms with Crippen LogP contribution in [0.3, 0.4) is 0 Å². The van der Waals surface area contributed by atoms with Crippen LogP contribution >= 0.6 is 15.9 Å². The minimum Gasteiger partial charge on any atom is -0.440 e. The quantitative estimate of drug-likeness (QED) is 0.655. The van der Waals surface area contributed by atoms with Crippen LogP contribution in [0.25, 0.3) is 11.1 Å². The second-order valence-corrected chi connectivity index (χ2v) is 3.04. The summed E-state index contributed by atoms with van der Waals surface area (Å²) in [6.45, 7) is 0. The molecule has 0 spiro atoms. The van der Waals surface area contributed by atoms with E-state index in [0.717, 1.165) is 6.39 Å². The van der Waals surface area contributed by atoms with E-state index < -0.39 is 11.6 Å². The van der Waals surface area contributed by atoms with Gasteiger partial charge in [-0.3, -0.25) is 0 Å². The van der Waals surface area contributed by atoms with Gasteiger partial charge in [0.15, 0.2) is 17.8 Å². The molecule has 0 aliphatic carbocycles. The van der Waals surface area contributed by atoms with Gasteiger partial charge in [0.1, 0.15) is 5.52 Å². The Bertz CT molecular complexity index is 440. The molecule has 62 valence electrons. The van der Waals surface area contributed by atoms with Gasteiger partial charge in [-0.2, -0.15) is 4.39 Å². The van der Waals surface area contributed by atoms with Gasteiger partial charge in [0.2, 0.25) is 5.82 Å². The average molecular weight is 234 g/mol. The van der Waals surface area contributed by atoms with Crippen LogP contribution in [-0.2, 0) is 0 Å². The number of hydrogen-bond acceptors (Lipinski definition) is 2. The lowest BCUT2D eigenvalue weighted by atomic mass is 10.3. The van der Waals surface area contributed by atoms with Gasteiger partial charge in [-0.15, -0.1) is 0 Å². The summed E-state index contributed by atoms with van der Waals surface area (Å²) in [5.74, 6) is -1.98. The Kier molecular flexibility index (Phi) is 1.61. The molecule has 2 rings (SSSR count). The number of halogens is 3. The Hall–Kier alpha value is -0.970. The topological polar surface area (TPSA) is 26.0 Å². The SMILES string of the molecule is Fc1c(Br)cc2ncoc2c1F. The zero-order valence-electron chi connectivity index (χ0n) is 5.64. The van der Waals surface area contributed by atoms with Crippen molar-refractivity contribution in [3.63, 3.8) is 0 Å². The van der Waals surface area contributed by atoms with Gasteiger partial charge in [0, 0.05) is 0 Å². The van der Waals surface area contributed by atoms with Gasteiger partial charge in [-0.25, -0.2) is 9.37 Å². The highest BCUT2D eigenvalue weighted by atomic mass is 79.9. The van der Waals surface area contributed by atoms with E-state index in [-0.39, 0.29) is 10.1 Å². The fraction of sp³-hybridized carbons (Fsp3) is 0. The molecule has 2 aromatic rings. The van der Waals surface area contributed by atoms with Crippen molar-refractivity contribution in [2.45, 2.75) is 0 Å². The molecule has 0 saturated heterocycles. The summed E-state index contributed by atoms with van der Waals surface area (Å²) in [6.07, 6.45) is 1.07. The number of benzene rings is 1. The van der Waals surface area contributed by atoms with Gasteiger partial charge >= 0.3 is 0 Å². The van der Waals surface area contributed by atoms with Crippen LogP contribution in [0.1, 0.15) is 0 Å². The zero-order chi connectivity index (χ0) is 8.72. The number of rotatable bonds is 0. The first-order chi connectivity index (χ1) is 5.70. The predicted octanol–water partition coefficient (Wildman–Crippen LogP) is 2.87. The molecule has 0 amide bonds. The zero-order valence-corrected chi connectivity index (χ0v) is 7.23. The van der Waals surface area contributed by atoms with Crippen molar-refractivity contribution in [1.29, 1.82) is 0 Å². The Labute approximate surface area is 74.3 Å². The molecule has 0 aliphatic rings. The van der Waals surface area contributed by atoms with Crippen molar-refractivity contribution in [2.24, 2.45) is 0 Å². The minimum atomic E-state index is -1.02. The van der Waals surface area contributed by atoms with Gasteiger partial charge in [0.25, 0.3) is 0 Å². The molecular weight excluding hydrogens is 232 g/mol. The summed E-state index contributed by atoms with van der Waals surface area (Å²) in [7, 11) is 0. The van der Waals surface area contributed by atoms with E-state index in [2.05, 4.69) is 25.3 Å². The van der Waals surface area contributed by atoms with Crippen LogP contribution in [-0.4, -0.2) is 4.98 Å². The molecule has 0 fully saturated rings. The summed E-state index contributed by atoms with van der Waals surface area (Å²) in [6, 6.07) is 1.36. The van der Waals surface area contributed by atoms with Crippen LogP contribution in [0.15, 0.2) is 21.3 Å². The first kappa shape index (κ1) is 7.67. The maximum atomic E-state index is 13.0. The normalized spacial score (nSPS) is 10.9. The Morgan fingerprint density at radius 1 is 1.33 bits per heavy atom. The standard InChI is InChI=1S/C7H2BrF2NO/c8-3-1-4-7(12-2-11-4)6(10)5(3)9/h1-2H. The maximum Gasteiger partial charge on any atom is 0.204 e. The summed E-state index contributed by atoms with van der Waals surface area (Å²) < 4.78 is 30.5. The molecule has 0 bridgehead atoms. The highest BCUT2D eigenvalue weighted by Gasteiger charge is 2.14. The van der Waals surface area contributed by atoms with E-state index in [1.807, 2.05) is 0 Å². The number of aromatic nitrogens is 1. The Balaban J connectivity index is 2.94. The van der Waals surface area contributed by atoms with E-state index in [1.165, 1.54) is 6.07 Å². The maximum absolute atomic E-state index is 13.0. The fourth-order valence-electron chi connectivity index (χ4n) is 0.910. The van der Waals surface area contributed by atoms with Gasteiger partial charge in [-0.05, 0) is 22.0 Å². The molecule has 1 heterocycles. The van der Waals surface area contributed by atoms with Crippen molar-refractivity contribution in [3.05, 3.63) is 28.6 Å². The van der Waals surface area contributed by atoms with E-state index >= 15 is 0 Å². The van der Waals surface area contributed by atoms with Crippen LogP contribution in [0.5, 0.6) is 0 Å². The molecule has 1 aromatic heterocycles. The monoisotopic (exact) mass is 233 g/mol. The van der Waals surface area contributed by atoms with Gasteiger partial charge in [0.05, 0.1) is 4.47 Å². The lowest BCUT2D eigenvalue weighted by Gasteiger charge is -1.94. The van der Waals surface area contributed by atoms with Crippen LogP contribution in [0, 0.1) is 11.6 Å². The second-order valence-electron chi connectivity index (χ2n) is 2.19. The predicted molar refractivity (Wildman–Crippen MR) is 41.6 cm³/mol. The van der Waals surface area contributed by atoms with Crippen molar-refractivity contribution < 1.29 is 13.2 Å². The second kappa shape index (κ2) is 2.52. The number of nitrogens with zero attached hydrogens (tertiary/aromatic N) is 1. The number of oxazole rings is 1. The highest BCUT2D eigenvalue weighted by Crippen LogP contribution is 2.25. The molecule has 5 heteroatoms. The Morgan fingerprint density at radius 3 is 2.83 bits per heavy atom. The molecule has 0 saturated carbocycles. The Morgan fingerprint density at radius 2 is 2.08 bits per heavy atom. The third kappa shape index (κ3) is 0.929. The highest BCUT2D eigenvalue weighted by molar-refractivity contribution is 9.10. The summed E-state index contributed by atoms with van der Waals surface area (Å²) in [4.78, 5) is 3.68. The van der Waals surface area contributed by atoms with Crippen molar-refractivity contribution in [2.75, 3.05) is 0 Å². The minimum absolute atomic E-state index is 0.0430. The lowest BCUT2D eigenvalue weighted by Crippen LogP contribution is -1.85. The molecule has 0 radical (unpaired) electrons. The summed E-state index contributed by atoms with van der Waals surface area (Å²) in [5, 5.41) is 0. The van der Waals surface area contributed by atoms with Crippen LogP contribution in [0.2, 0.25) is 0 Å². The van der Waals surface area contributed by atoms with E-state index in [4.69, 9.17) is 0 Å². The van der Waals surface area contributed by atoms with Crippen LogP contribution < -0.4 is 0 Å². The molecule has 1 aromatic carbocycles. The van der Waals surface area contributed by atoms with Crippen molar-refractivity contribution in [3.8, 4) is 0 Å². The summed E-state index contributed by atoms with van der Waals surface area (Å²) in [5.41, 5.74) is 0.136. The smallest absolute Gasteiger partial charge is 0.204 e. The molecule has 2 nitrogen and oxygen atoms in total. The number of fused-ring (bicyclic) bond motifs is 1. The third-order valence-electron chi connectivity index (χ3n) is 1.46. The summed E-state index contributed by atoms with van der Waals surface area (Å²) >= 11 is 2.86. The molecule has 0 atom stereocenters. The largest absolute Gasteiger partial charge is 0.440 e. The van der Waals surface area contributed by atoms with Crippen LogP contribution in [0.4, 0.5) is 8.78 Å². The molecular formula is C7H2BrF2NO. The van der Waals surface area contributed by atoms with E-state index in [0.29, 0.717) is 5.52 Å². The molecule has 12 heavy (non-hydrogen) atoms. The van der Waals surface area contributed by atoms with E-state index in [9.17, 15) is 8.78 Å². The third-order valence-corrected chi connectivity index (χ3v) is 2.04. The molecule has 0 N–H and O–H groups in total. The number of hydrogen-bond donors (Lipinski definition) is 0. The molecule has 0 unspecified atom stereocenters. The van der Waals surface area contributed by atoms with Gasteiger partial charge in [-0.1, -0.05) is 0 Å². The lowest BCUT2D eigenvalue weighted by molar-refractivity contribution is 0.487.